The lowest BCUT2D eigenvalue weighted by Gasteiger charge is -2.08. The minimum absolute atomic E-state index is 0.193. The van der Waals surface area contributed by atoms with Crippen LogP contribution in [-0.2, 0) is 0 Å². The lowest BCUT2D eigenvalue weighted by atomic mass is 10.2. The third kappa shape index (κ3) is 2.55. The highest BCUT2D eigenvalue weighted by atomic mass is 16.1. The van der Waals surface area contributed by atoms with E-state index in [1.165, 1.54) is 0 Å². The first-order chi connectivity index (χ1) is 8.16. The Kier molecular flexibility index (Phi) is 2.96. The topological polar surface area (TPSA) is 81.1 Å². The first kappa shape index (κ1) is 11.0. The van der Waals surface area contributed by atoms with Crippen LogP contribution in [0.5, 0.6) is 0 Å². The Morgan fingerprint density at radius 2 is 1.71 bits per heavy atom. The minimum atomic E-state index is -0.193. The Bertz CT molecular complexity index is 538. The second kappa shape index (κ2) is 4.57. The molecule has 0 aliphatic rings. The Labute approximate surface area is 99.2 Å². The van der Waals surface area contributed by atoms with Crippen LogP contribution < -0.4 is 16.8 Å². The molecule has 86 valence electrons. The van der Waals surface area contributed by atoms with Gasteiger partial charge in [0.25, 0.3) is 5.91 Å². The van der Waals surface area contributed by atoms with Gasteiger partial charge in [0.15, 0.2) is 0 Å². The Hall–Kier alpha value is -2.49. The molecule has 0 aromatic heterocycles. The summed E-state index contributed by atoms with van der Waals surface area (Å²) >= 11 is 0. The van der Waals surface area contributed by atoms with Crippen molar-refractivity contribution in [2.24, 2.45) is 0 Å². The molecule has 0 heterocycles. The Morgan fingerprint density at radius 3 is 2.35 bits per heavy atom. The predicted molar refractivity (Wildman–Crippen MR) is 69.7 cm³/mol. The number of hydrogen-bond acceptors (Lipinski definition) is 3. The molecule has 0 spiro atoms. The van der Waals surface area contributed by atoms with E-state index in [9.17, 15) is 4.79 Å². The summed E-state index contributed by atoms with van der Waals surface area (Å²) in [5, 5.41) is 2.73. The zero-order valence-corrected chi connectivity index (χ0v) is 9.18. The van der Waals surface area contributed by atoms with Crippen molar-refractivity contribution in [1.82, 2.24) is 0 Å². The number of carbonyl (C=O) groups excluding carboxylic acids is 1. The number of nitrogens with one attached hydrogen (secondary N) is 1. The van der Waals surface area contributed by atoms with Crippen molar-refractivity contribution in [3.05, 3.63) is 54.1 Å². The molecule has 0 bridgehead atoms. The number of anilines is 3. The van der Waals surface area contributed by atoms with Crippen LogP contribution in [0.2, 0.25) is 0 Å². The summed E-state index contributed by atoms with van der Waals surface area (Å²) < 4.78 is 0. The van der Waals surface area contributed by atoms with E-state index in [2.05, 4.69) is 5.32 Å². The molecule has 2 aromatic carbocycles. The first-order valence-corrected chi connectivity index (χ1v) is 5.18. The molecule has 2 rings (SSSR count). The number of rotatable bonds is 2. The van der Waals surface area contributed by atoms with Crippen molar-refractivity contribution in [3.8, 4) is 0 Å². The van der Waals surface area contributed by atoms with E-state index >= 15 is 0 Å². The zero-order valence-electron chi connectivity index (χ0n) is 9.18. The number of amides is 1. The van der Waals surface area contributed by atoms with Gasteiger partial charge in [-0.05, 0) is 30.3 Å². The van der Waals surface area contributed by atoms with E-state index in [1.807, 2.05) is 6.07 Å². The number of nitrogens with two attached hydrogens (primary N) is 2. The van der Waals surface area contributed by atoms with E-state index in [0.29, 0.717) is 22.6 Å². The van der Waals surface area contributed by atoms with Gasteiger partial charge in [0.05, 0.1) is 11.4 Å². The van der Waals surface area contributed by atoms with Crippen LogP contribution in [0.1, 0.15) is 10.4 Å². The summed E-state index contributed by atoms with van der Waals surface area (Å²) in [6.45, 7) is 0. The van der Waals surface area contributed by atoms with Crippen molar-refractivity contribution in [3.63, 3.8) is 0 Å². The van der Waals surface area contributed by atoms with E-state index in [0.717, 1.165) is 0 Å². The number of benzene rings is 2. The van der Waals surface area contributed by atoms with Crippen LogP contribution in [0, 0.1) is 0 Å². The summed E-state index contributed by atoms with van der Waals surface area (Å²) in [4.78, 5) is 11.9. The van der Waals surface area contributed by atoms with Crippen molar-refractivity contribution in [2.75, 3.05) is 16.8 Å². The smallest absolute Gasteiger partial charge is 0.255 e. The second-order valence-corrected chi connectivity index (χ2v) is 3.67. The molecule has 0 saturated heterocycles. The maximum Gasteiger partial charge on any atom is 0.255 e. The third-order valence-corrected chi connectivity index (χ3v) is 2.36. The van der Waals surface area contributed by atoms with Crippen molar-refractivity contribution >= 4 is 23.0 Å². The monoisotopic (exact) mass is 227 g/mol. The van der Waals surface area contributed by atoms with E-state index < -0.39 is 0 Å². The van der Waals surface area contributed by atoms with Gasteiger partial charge in [-0.25, -0.2) is 0 Å². The van der Waals surface area contributed by atoms with Gasteiger partial charge in [0.1, 0.15) is 0 Å². The maximum atomic E-state index is 11.9. The molecule has 0 radical (unpaired) electrons. The molecule has 0 unspecified atom stereocenters. The van der Waals surface area contributed by atoms with Gasteiger partial charge in [0, 0.05) is 11.3 Å². The average Bonchev–Trinajstić information content (AvgIpc) is 2.34. The molecule has 0 atom stereocenters. The van der Waals surface area contributed by atoms with Gasteiger partial charge in [0.2, 0.25) is 0 Å². The van der Waals surface area contributed by atoms with Gasteiger partial charge in [-0.15, -0.1) is 0 Å². The Morgan fingerprint density at radius 1 is 1.00 bits per heavy atom. The highest BCUT2D eigenvalue weighted by Gasteiger charge is 2.07. The summed E-state index contributed by atoms with van der Waals surface area (Å²) in [7, 11) is 0. The molecule has 5 N–H and O–H groups in total. The third-order valence-electron chi connectivity index (χ3n) is 2.36. The fourth-order valence-electron chi connectivity index (χ4n) is 1.48. The molecule has 17 heavy (non-hydrogen) atoms. The first-order valence-electron chi connectivity index (χ1n) is 5.18. The lowest BCUT2D eigenvalue weighted by Crippen LogP contribution is -2.13. The van der Waals surface area contributed by atoms with Crippen LogP contribution in [0.25, 0.3) is 0 Å². The van der Waals surface area contributed by atoms with Crippen molar-refractivity contribution < 1.29 is 4.79 Å². The molecular weight excluding hydrogens is 214 g/mol. The highest BCUT2D eigenvalue weighted by molar-refractivity contribution is 6.05. The van der Waals surface area contributed by atoms with Crippen LogP contribution >= 0.6 is 0 Å². The minimum Gasteiger partial charge on any atom is -0.399 e. The average molecular weight is 227 g/mol. The number of carbonyl (C=O) groups is 1. The van der Waals surface area contributed by atoms with Gasteiger partial charge in [-0.1, -0.05) is 18.2 Å². The highest BCUT2D eigenvalue weighted by Crippen LogP contribution is 2.21. The largest absolute Gasteiger partial charge is 0.399 e. The molecule has 4 nitrogen and oxygen atoms in total. The van der Waals surface area contributed by atoms with E-state index in [-0.39, 0.29) is 5.91 Å². The van der Waals surface area contributed by atoms with E-state index in [1.54, 1.807) is 42.5 Å². The molecule has 0 aliphatic carbocycles. The molecule has 2 aromatic rings. The van der Waals surface area contributed by atoms with Gasteiger partial charge >= 0.3 is 0 Å². The second-order valence-electron chi connectivity index (χ2n) is 3.67. The summed E-state index contributed by atoms with van der Waals surface area (Å²) in [6, 6.07) is 13.9. The molecule has 1 amide bonds. The summed E-state index contributed by atoms with van der Waals surface area (Å²) in [6.07, 6.45) is 0. The van der Waals surface area contributed by atoms with E-state index in [4.69, 9.17) is 11.5 Å². The standard InChI is InChI=1S/C13H13N3O/c14-10-6-7-12(11(15)8-10)16-13(17)9-4-2-1-3-5-9/h1-8H,14-15H2,(H,16,17). The quantitative estimate of drug-likeness (QED) is 0.687. The van der Waals surface area contributed by atoms with Gasteiger partial charge in [-0.2, -0.15) is 0 Å². The van der Waals surface area contributed by atoms with Crippen LogP contribution in [0.3, 0.4) is 0 Å². The molecule has 0 saturated carbocycles. The number of nitrogen functional groups attached to an aromatic ring is 2. The van der Waals surface area contributed by atoms with Crippen molar-refractivity contribution in [2.45, 2.75) is 0 Å². The predicted octanol–water partition coefficient (Wildman–Crippen LogP) is 2.10. The maximum absolute atomic E-state index is 11.9. The van der Waals surface area contributed by atoms with Crippen LogP contribution in [0.15, 0.2) is 48.5 Å². The molecule has 0 fully saturated rings. The fourth-order valence-corrected chi connectivity index (χ4v) is 1.48. The SMILES string of the molecule is Nc1ccc(NC(=O)c2ccccc2)c(N)c1. The van der Waals surface area contributed by atoms with Gasteiger partial charge in [-0.3, -0.25) is 4.79 Å². The summed E-state index contributed by atoms with van der Waals surface area (Å²) in [5.74, 6) is -0.193. The lowest BCUT2D eigenvalue weighted by molar-refractivity contribution is 0.102. The molecule has 0 aliphatic heterocycles. The number of hydrogen-bond donors (Lipinski definition) is 3. The van der Waals surface area contributed by atoms with Gasteiger partial charge < -0.3 is 16.8 Å². The normalized spacial score (nSPS) is 9.88. The fraction of sp³-hybridized carbons (Fsp3) is 0. The van der Waals surface area contributed by atoms with Crippen LogP contribution in [0.4, 0.5) is 17.1 Å². The van der Waals surface area contributed by atoms with Crippen LogP contribution in [-0.4, -0.2) is 5.91 Å². The Balaban J connectivity index is 2.19. The zero-order chi connectivity index (χ0) is 12.3. The summed E-state index contributed by atoms with van der Waals surface area (Å²) in [5.41, 5.74) is 13.5. The van der Waals surface area contributed by atoms with Crippen molar-refractivity contribution in [1.29, 1.82) is 0 Å². The molecular formula is C13H13N3O. The molecule has 4 heteroatoms.